The Kier molecular flexibility index (Phi) is 9.94. The van der Waals surface area contributed by atoms with Gasteiger partial charge in [-0.3, -0.25) is 19.3 Å². The fourth-order valence-corrected chi connectivity index (χ4v) is 6.43. The Morgan fingerprint density at radius 1 is 0.854 bits per heavy atom. The number of sulfonamides is 1. The Labute approximate surface area is 250 Å². The lowest BCUT2D eigenvalue weighted by molar-refractivity contribution is 0.0383. The summed E-state index contributed by atoms with van der Waals surface area (Å²) in [5.41, 5.74) is 2.89. The molecule has 11 heteroatoms. The van der Waals surface area contributed by atoms with Gasteiger partial charge in [0.15, 0.2) is 0 Å². The number of hydrogen-bond donors (Lipinski definition) is 2. The van der Waals surface area contributed by atoms with E-state index in [-0.39, 0.29) is 10.8 Å². The van der Waals surface area contributed by atoms with Crippen LogP contribution in [0.25, 0.3) is 0 Å². The third-order valence-corrected chi connectivity index (χ3v) is 9.32. The van der Waals surface area contributed by atoms with Crippen LogP contribution >= 0.6 is 15.9 Å². The van der Waals surface area contributed by atoms with E-state index in [1.165, 1.54) is 17.7 Å². The molecule has 2 aliphatic heterocycles. The molecule has 3 aromatic carbocycles. The van der Waals surface area contributed by atoms with Crippen LogP contribution in [0.1, 0.15) is 15.9 Å². The minimum Gasteiger partial charge on any atom is -0.379 e. The van der Waals surface area contributed by atoms with Crippen LogP contribution < -0.4 is 14.9 Å². The molecular formula is C30H36BrN5O4S. The number of nitrogens with zero attached hydrogens (tertiary/aromatic N) is 3. The summed E-state index contributed by atoms with van der Waals surface area (Å²) in [5.74, 6) is -0.218. The molecule has 2 N–H and O–H groups in total. The van der Waals surface area contributed by atoms with Crippen LogP contribution in [0.15, 0.2) is 82.2 Å². The second-order valence-corrected chi connectivity index (χ2v) is 12.8. The van der Waals surface area contributed by atoms with E-state index in [0.717, 1.165) is 62.5 Å². The highest BCUT2D eigenvalue weighted by atomic mass is 79.9. The number of benzene rings is 3. The number of amides is 1. The number of rotatable bonds is 10. The zero-order chi connectivity index (χ0) is 28.7. The molecule has 218 valence electrons. The van der Waals surface area contributed by atoms with Crippen LogP contribution in [0, 0.1) is 0 Å². The fraction of sp³-hybridized carbons (Fsp3) is 0.367. The van der Waals surface area contributed by atoms with Crippen molar-refractivity contribution in [1.82, 2.24) is 15.1 Å². The van der Waals surface area contributed by atoms with Gasteiger partial charge in [0.25, 0.3) is 15.9 Å². The van der Waals surface area contributed by atoms with Crippen molar-refractivity contribution in [2.45, 2.75) is 11.4 Å². The van der Waals surface area contributed by atoms with E-state index < -0.39 is 10.0 Å². The number of halogens is 1. The van der Waals surface area contributed by atoms with Crippen LogP contribution in [-0.2, 0) is 21.3 Å². The van der Waals surface area contributed by atoms with E-state index in [9.17, 15) is 13.2 Å². The Bertz CT molecular complexity index is 1410. The predicted molar refractivity (Wildman–Crippen MR) is 165 cm³/mol. The second kappa shape index (κ2) is 13.8. The van der Waals surface area contributed by atoms with Crippen molar-refractivity contribution in [3.8, 4) is 0 Å². The lowest BCUT2D eigenvalue weighted by Gasteiger charge is -2.37. The molecule has 9 nitrogen and oxygen atoms in total. The molecule has 41 heavy (non-hydrogen) atoms. The van der Waals surface area contributed by atoms with Gasteiger partial charge in [-0.15, -0.1) is 0 Å². The molecule has 0 unspecified atom stereocenters. The molecule has 0 atom stereocenters. The van der Waals surface area contributed by atoms with Crippen LogP contribution in [0.5, 0.6) is 0 Å². The summed E-state index contributed by atoms with van der Waals surface area (Å²) < 4.78 is 35.0. The summed E-state index contributed by atoms with van der Waals surface area (Å²) in [5, 5.41) is 3.05. The second-order valence-electron chi connectivity index (χ2n) is 10.3. The summed E-state index contributed by atoms with van der Waals surface area (Å²) in [6.07, 6.45) is 0. The Hall–Kier alpha value is -2.96. The molecule has 2 heterocycles. The summed E-state index contributed by atoms with van der Waals surface area (Å²) in [7, 11) is -3.82. The maximum atomic E-state index is 13.5. The van der Waals surface area contributed by atoms with E-state index >= 15 is 0 Å². The largest absolute Gasteiger partial charge is 0.379 e. The number of anilines is 2. The summed E-state index contributed by atoms with van der Waals surface area (Å²) >= 11 is 3.34. The van der Waals surface area contributed by atoms with Crippen LogP contribution in [-0.4, -0.2) is 89.7 Å². The third-order valence-electron chi connectivity index (χ3n) is 7.40. The zero-order valence-corrected chi connectivity index (χ0v) is 25.4. The Morgan fingerprint density at radius 2 is 1.56 bits per heavy atom. The third kappa shape index (κ3) is 8.08. The molecule has 0 saturated carbocycles. The van der Waals surface area contributed by atoms with Gasteiger partial charge in [-0.2, -0.15) is 0 Å². The lowest BCUT2D eigenvalue weighted by atomic mass is 10.1. The normalized spacial score (nSPS) is 16.9. The molecular weight excluding hydrogens is 606 g/mol. The molecule has 5 rings (SSSR count). The van der Waals surface area contributed by atoms with Crippen LogP contribution in [0.4, 0.5) is 11.4 Å². The summed E-state index contributed by atoms with van der Waals surface area (Å²) in [6, 6.07) is 22.1. The quantitative estimate of drug-likeness (QED) is 0.349. The molecule has 0 bridgehead atoms. The SMILES string of the molecule is O=C(NCCN1CCOCC1)c1cc(NS(=O)(=O)c2ccc(Br)cc2)ccc1N1CCN(Cc2ccccc2)CC1. The van der Waals surface area contributed by atoms with Crippen molar-refractivity contribution < 1.29 is 17.9 Å². The average Bonchev–Trinajstić information content (AvgIpc) is 2.99. The monoisotopic (exact) mass is 641 g/mol. The highest BCUT2D eigenvalue weighted by Gasteiger charge is 2.24. The van der Waals surface area contributed by atoms with Gasteiger partial charge in [-0.25, -0.2) is 8.42 Å². The molecule has 1 amide bonds. The van der Waals surface area contributed by atoms with E-state index in [1.807, 2.05) is 12.1 Å². The first-order valence-corrected chi connectivity index (χ1v) is 16.2. The van der Waals surface area contributed by atoms with Crippen molar-refractivity contribution in [3.05, 3.63) is 88.4 Å². The van der Waals surface area contributed by atoms with Gasteiger partial charge in [0.1, 0.15) is 0 Å². The Balaban J connectivity index is 1.31. The summed E-state index contributed by atoms with van der Waals surface area (Å²) in [4.78, 5) is 20.5. The topological polar surface area (TPSA) is 94.2 Å². The van der Waals surface area contributed by atoms with Gasteiger partial charge in [0, 0.05) is 74.8 Å². The van der Waals surface area contributed by atoms with Gasteiger partial charge in [-0.05, 0) is 48.0 Å². The van der Waals surface area contributed by atoms with E-state index in [4.69, 9.17) is 4.74 Å². The first kappa shape index (κ1) is 29.5. The van der Waals surface area contributed by atoms with Crippen LogP contribution in [0.2, 0.25) is 0 Å². The maximum absolute atomic E-state index is 13.5. The molecule has 0 aliphatic carbocycles. The number of carbonyl (C=O) groups excluding carboxylic acids is 1. The standard InChI is InChI=1S/C30H36BrN5O4S/c31-25-6-9-27(10-7-25)41(38,39)33-26-8-11-29(28(22-26)30(37)32-12-13-34-18-20-40-21-19-34)36-16-14-35(15-17-36)23-24-4-2-1-3-5-24/h1-11,22,33H,12-21,23H2,(H,32,37). The summed E-state index contributed by atoms with van der Waals surface area (Å²) in [6.45, 7) is 8.50. The molecule has 2 saturated heterocycles. The number of carbonyl (C=O) groups is 1. The van der Waals surface area contributed by atoms with Crippen molar-refractivity contribution in [3.63, 3.8) is 0 Å². The zero-order valence-electron chi connectivity index (χ0n) is 23.0. The number of hydrogen-bond acceptors (Lipinski definition) is 7. The molecule has 2 aliphatic rings. The smallest absolute Gasteiger partial charge is 0.261 e. The molecule has 2 fully saturated rings. The maximum Gasteiger partial charge on any atom is 0.261 e. The van der Waals surface area contributed by atoms with Crippen molar-refractivity contribution in [1.29, 1.82) is 0 Å². The average molecular weight is 643 g/mol. The lowest BCUT2D eigenvalue weighted by Crippen LogP contribution is -2.46. The van der Waals surface area contributed by atoms with Crippen molar-refractivity contribution in [2.24, 2.45) is 0 Å². The van der Waals surface area contributed by atoms with Crippen molar-refractivity contribution >= 4 is 43.2 Å². The molecule has 0 radical (unpaired) electrons. The molecule has 0 spiro atoms. The highest BCUT2D eigenvalue weighted by Crippen LogP contribution is 2.28. The van der Waals surface area contributed by atoms with E-state index in [1.54, 1.807) is 24.3 Å². The minimum absolute atomic E-state index is 0.149. The van der Waals surface area contributed by atoms with Crippen LogP contribution in [0.3, 0.4) is 0 Å². The first-order chi connectivity index (χ1) is 19.9. The highest BCUT2D eigenvalue weighted by molar-refractivity contribution is 9.10. The Morgan fingerprint density at radius 3 is 2.27 bits per heavy atom. The van der Waals surface area contributed by atoms with E-state index in [0.29, 0.717) is 31.0 Å². The van der Waals surface area contributed by atoms with Gasteiger partial charge in [0.05, 0.1) is 23.7 Å². The molecule has 0 aromatic heterocycles. The first-order valence-electron chi connectivity index (χ1n) is 13.9. The predicted octanol–water partition coefficient (Wildman–Crippen LogP) is 3.63. The minimum atomic E-state index is -3.82. The van der Waals surface area contributed by atoms with Gasteiger partial charge in [0.2, 0.25) is 0 Å². The molecule has 3 aromatic rings. The number of ether oxygens (including phenoxy) is 1. The number of morpholine rings is 1. The number of piperazine rings is 1. The van der Waals surface area contributed by atoms with Gasteiger partial charge < -0.3 is 15.0 Å². The fourth-order valence-electron chi connectivity index (χ4n) is 5.12. The van der Waals surface area contributed by atoms with Gasteiger partial charge in [-0.1, -0.05) is 46.3 Å². The van der Waals surface area contributed by atoms with E-state index in [2.05, 4.69) is 64.9 Å². The number of nitrogens with one attached hydrogen (secondary N) is 2. The van der Waals surface area contributed by atoms with Gasteiger partial charge >= 0.3 is 0 Å². The van der Waals surface area contributed by atoms with Crippen molar-refractivity contribution in [2.75, 3.05) is 75.2 Å².